The predicted molar refractivity (Wildman–Crippen MR) is 60.2 cm³/mol. The molecule has 1 aromatic rings. The molecule has 0 aliphatic heterocycles. The number of pyridine rings is 1. The molecule has 0 unspecified atom stereocenters. The summed E-state index contributed by atoms with van der Waals surface area (Å²) in [4.78, 5) is 26.4. The Morgan fingerprint density at radius 3 is 2.62 bits per heavy atom. The number of carboxylic acids is 1. The Hall–Kier alpha value is -1.56. The van der Waals surface area contributed by atoms with E-state index in [9.17, 15) is 9.59 Å². The summed E-state index contributed by atoms with van der Waals surface area (Å²) in [6.07, 6.45) is 3.27. The third-order valence-corrected chi connectivity index (χ3v) is 2.85. The Morgan fingerprint density at radius 1 is 1.50 bits per heavy atom. The van der Waals surface area contributed by atoms with Crippen molar-refractivity contribution < 1.29 is 14.7 Å². The smallest absolute Gasteiger partial charge is 0.327 e. The van der Waals surface area contributed by atoms with Crippen molar-refractivity contribution in [3.05, 3.63) is 24.5 Å². The Morgan fingerprint density at radius 2 is 2.12 bits per heavy atom. The highest BCUT2D eigenvalue weighted by atomic mass is 32.2. The van der Waals surface area contributed by atoms with Gasteiger partial charge in [0, 0.05) is 30.0 Å². The van der Waals surface area contributed by atoms with Gasteiger partial charge in [0.25, 0.3) is 0 Å². The van der Waals surface area contributed by atoms with E-state index in [1.807, 2.05) is 0 Å². The van der Waals surface area contributed by atoms with Gasteiger partial charge in [0.1, 0.15) is 6.04 Å². The van der Waals surface area contributed by atoms with Gasteiger partial charge in [-0.1, -0.05) is 0 Å². The number of rotatable bonds is 5. The van der Waals surface area contributed by atoms with Crippen molar-refractivity contribution in [1.82, 2.24) is 10.3 Å². The fraction of sp³-hybridized carbons (Fsp3) is 0.300. The molecule has 1 atom stereocenters. The molecule has 1 rings (SSSR count). The van der Waals surface area contributed by atoms with Crippen molar-refractivity contribution in [1.29, 1.82) is 0 Å². The lowest BCUT2D eigenvalue weighted by Crippen LogP contribution is -2.41. The van der Waals surface area contributed by atoms with E-state index >= 15 is 0 Å². The molecular weight excluding hydrogens is 228 g/mol. The summed E-state index contributed by atoms with van der Waals surface area (Å²) in [5.74, 6) is -1.08. The highest BCUT2D eigenvalue weighted by molar-refractivity contribution is 7.99. The molecule has 0 saturated heterocycles. The quantitative estimate of drug-likeness (QED) is 0.743. The number of nitrogens with one attached hydrogen (secondary N) is 1. The molecule has 0 radical (unpaired) electrons. The van der Waals surface area contributed by atoms with Crippen LogP contribution in [-0.2, 0) is 9.59 Å². The minimum absolute atomic E-state index is 0.291. The van der Waals surface area contributed by atoms with Gasteiger partial charge in [0.15, 0.2) is 0 Å². The maximum Gasteiger partial charge on any atom is 0.327 e. The monoisotopic (exact) mass is 240 g/mol. The van der Waals surface area contributed by atoms with E-state index in [0.717, 1.165) is 4.90 Å². The Balaban J connectivity index is 2.50. The van der Waals surface area contributed by atoms with E-state index in [-0.39, 0.29) is 5.91 Å². The van der Waals surface area contributed by atoms with Crippen LogP contribution in [0.15, 0.2) is 29.4 Å². The summed E-state index contributed by atoms with van der Waals surface area (Å²) in [6, 6.07) is 2.71. The van der Waals surface area contributed by atoms with E-state index in [0.29, 0.717) is 5.75 Å². The number of nitrogens with zero attached hydrogens (tertiary/aromatic N) is 1. The SMILES string of the molecule is CC(=O)N[C@@H](CSc1ccncc1)C(=O)O. The van der Waals surface area contributed by atoms with Crippen molar-refractivity contribution in [2.75, 3.05) is 5.75 Å². The van der Waals surface area contributed by atoms with Crippen molar-refractivity contribution in [2.45, 2.75) is 17.9 Å². The van der Waals surface area contributed by atoms with Crippen LogP contribution in [0.2, 0.25) is 0 Å². The molecule has 1 heterocycles. The second-order valence-electron chi connectivity index (χ2n) is 3.09. The fourth-order valence-corrected chi connectivity index (χ4v) is 1.93. The van der Waals surface area contributed by atoms with Gasteiger partial charge < -0.3 is 10.4 Å². The van der Waals surface area contributed by atoms with Gasteiger partial charge in [0.2, 0.25) is 5.91 Å². The van der Waals surface area contributed by atoms with Gasteiger partial charge in [0.05, 0.1) is 0 Å². The molecule has 5 nitrogen and oxygen atoms in total. The summed E-state index contributed by atoms with van der Waals surface area (Å²) in [6.45, 7) is 1.30. The van der Waals surface area contributed by atoms with Crippen molar-refractivity contribution >= 4 is 23.6 Å². The van der Waals surface area contributed by atoms with E-state index in [4.69, 9.17) is 5.11 Å². The van der Waals surface area contributed by atoms with E-state index in [1.165, 1.54) is 18.7 Å². The lowest BCUT2D eigenvalue weighted by atomic mass is 10.3. The topological polar surface area (TPSA) is 79.3 Å². The van der Waals surface area contributed by atoms with Crippen LogP contribution in [-0.4, -0.2) is 33.8 Å². The molecular formula is C10H12N2O3S. The minimum Gasteiger partial charge on any atom is -0.480 e. The molecule has 86 valence electrons. The summed E-state index contributed by atoms with van der Waals surface area (Å²) in [5, 5.41) is 11.2. The first-order chi connectivity index (χ1) is 7.59. The molecule has 0 fully saturated rings. The summed E-state index contributed by atoms with van der Waals surface area (Å²) in [5.41, 5.74) is 0. The van der Waals surface area contributed by atoms with Gasteiger partial charge >= 0.3 is 5.97 Å². The van der Waals surface area contributed by atoms with E-state index in [1.54, 1.807) is 24.5 Å². The molecule has 0 saturated carbocycles. The van der Waals surface area contributed by atoms with Crippen molar-refractivity contribution in [3.63, 3.8) is 0 Å². The second-order valence-corrected chi connectivity index (χ2v) is 4.18. The van der Waals surface area contributed by atoms with Gasteiger partial charge in [-0.25, -0.2) is 4.79 Å². The third kappa shape index (κ3) is 4.31. The average molecular weight is 240 g/mol. The maximum atomic E-state index is 10.8. The molecule has 0 aromatic carbocycles. The average Bonchev–Trinajstić information content (AvgIpc) is 2.25. The number of hydrogen-bond acceptors (Lipinski definition) is 4. The van der Waals surface area contributed by atoms with Gasteiger partial charge in [-0.3, -0.25) is 9.78 Å². The van der Waals surface area contributed by atoms with Crippen LogP contribution in [0.3, 0.4) is 0 Å². The minimum atomic E-state index is -1.03. The Kier molecular flexibility index (Phi) is 4.78. The normalized spacial score (nSPS) is 11.8. The zero-order valence-corrected chi connectivity index (χ0v) is 9.53. The predicted octanol–water partition coefficient (Wildman–Crippen LogP) is 0.763. The number of hydrogen-bond donors (Lipinski definition) is 2. The van der Waals surface area contributed by atoms with E-state index < -0.39 is 12.0 Å². The van der Waals surface area contributed by atoms with Crippen LogP contribution < -0.4 is 5.32 Å². The standard InChI is InChI=1S/C10H12N2O3S/c1-7(13)12-9(10(14)15)6-16-8-2-4-11-5-3-8/h2-5,9H,6H2,1H3,(H,12,13)(H,14,15)/t9-/m0/s1. The lowest BCUT2D eigenvalue weighted by molar-refractivity contribution is -0.140. The van der Waals surface area contributed by atoms with Crippen molar-refractivity contribution in [2.24, 2.45) is 0 Å². The maximum absolute atomic E-state index is 10.8. The molecule has 6 heteroatoms. The second kappa shape index (κ2) is 6.12. The van der Waals surface area contributed by atoms with Crippen LogP contribution in [0, 0.1) is 0 Å². The highest BCUT2D eigenvalue weighted by Gasteiger charge is 2.18. The van der Waals surface area contributed by atoms with Gasteiger partial charge in [-0.2, -0.15) is 0 Å². The lowest BCUT2D eigenvalue weighted by Gasteiger charge is -2.12. The molecule has 0 aliphatic rings. The van der Waals surface area contributed by atoms with Crippen LogP contribution in [0.4, 0.5) is 0 Å². The van der Waals surface area contributed by atoms with Crippen LogP contribution in [0.1, 0.15) is 6.92 Å². The largest absolute Gasteiger partial charge is 0.480 e. The molecule has 1 aromatic heterocycles. The first-order valence-corrected chi connectivity index (χ1v) is 5.61. The molecule has 0 spiro atoms. The summed E-state index contributed by atoms with van der Waals surface area (Å²) in [7, 11) is 0. The molecule has 1 amide bonds. The molecule has 16 heavy (non-hydrogen) atoms. The highest BCUT2D eigenvalue weighted by Crippen LogP contribution is 2.17. The van der Waals surface area contributed by atoms with Gasteiger partial charge in [-0.05, 0) is 12.1 Å². The first kappa shape index (κ1) is 12.5. The Bertz CT molecular complexity index is 370. The van der Waals surface area contributed by atoms with Crippen LogP contribution >= 0.6 is 11.8 Å². The number of carbonyl (C=O) groups is 2. The zero-order chi connectivity index (χ0) is 12.0. The van der Waals surface area contributed by atoms with Crippen LogP contribution in [0.5, 0.6) is 0 Å². The Labute approximate surface area is 97.3 Å². The number of amides is 1. The fourth-order valence-electron chi connectivity index (χ4n) is 1.03. The number of carbonyl (C=O) groups excluding carboxylic acids is 1. The van der Waals surface area contributed by atoms with E-state index in [2.05, 4.69) is 10.3 Å². The van der Waals surface area contributed by atoms with Crippen LogP contribution in [0.25, 0.3) is 0 Å². The van der Waals surface area contributed by atoms with Gasteiger partial charge in [-0.15, -0.1) is 11.8 Å². The molecule has 0 aliphatic carbocycles. The number of aromatic nitrogens is 1. The zero-order valence-electron chi connectivity index (χ0n) is 8.71. The van der Waals surface area contributed by atoms with Crippen molar-refractivity contribution in [3.8, 4) is 0 Å². The third-order valence-electron chi connectivity index (χ3n) is 1.74. The number of aliphatic carboxylic acids is 1. The number of carboxylic acid groups (broad SMARTS) is 1. The first-order valence-electron chi connectivity index (χ1n) is 4.62. The molecule has 2 N–H and O–H groups in total. The number of thioether (sulfide) groups is 1. The molecule has 0 bridgehead atoms. The summed E-state index contributed by atoms with van der Waals surface area (Å²) < 4.78 is 0. The summed E-state index contributed by atoms with van der Waals surface area (Å²) >= 11 is 1.36.